The van der Waals surface area contributed by atoms with E-state index in [-0.39, 0.29) is 12.1 Å². The summed E-state index contributed by atoms with van der Waals surface area (Å²) in [6.45, 7) is 0.192. The zero-order chi connectivity index (χ0) is 14.0. The Bertz CT molecular complexity index is 630. The number of rotatable bonds is 2. The van der Waals surface area contributed by atoms with Crippen LogP contribution in [0, 0.1) is 0 Å². The fraction of sp³-hybridized carbons (Fsp3) is 0.154. The van der Waals surface area contributed by atoms with Gasteiger partial charge in [-0.05, 0) is 29.3 Å². The van der Waals surface area contributed by atoms with Gasteiger partial charge in [0.05, 0.1) is 5.56 Å². The van der Waals surface area contributed by atoms with E-state index in [0.717, 1.165) is 12.1 Å². The standard InChI is InChI=1S/C13H11F3N2O/c14-13(15,16)10-3-1-9(2-4-10)11-5-8(7-17)6-12(19)18-11/h1-6H,7,17H2,(H,18,19). The van der Waals surface area contributed by atoms with Crippen molar-refractivity contribution in [1.29, 1.82) is 0 Å². The molecular weight excluding hydrogens is 257 g/mol. The van der Waals surface area contributed by atoms with Gasteiger partial charge in [-0.3, -0.25) is 4.79 Å². The van der Waals surface area contributed by atoms with Gasteiger partial charge in [-0.25, -0.2) is 0 Å². The molecule has 0 unspecified atom stereocenters. The zero-order valence-electron chi connectivity index (χ0n) is 9.79. The molecule has 1 aromatic carbocycles. The monoisotopic (exact) mass is 268 g/mol. The van der Waals surface area contributed by atoms with E-state index in [4.69, 9.17) is 5.73 Å². The normalized spacial score (nSPS) is 11.6. The molecule has 2 aromatic rings. The second-order valence-electron chi connectivity index (χ2n) is 4.05. The molecule has 0 spiro atoms. The lowest BCUT2D eigenvalue weighted by molar-refractivity contribution is -0.137. The quantitative estimate of drug-likeness (QED) is 0.879. The summed E-state index contributed by atoms with van der Waals surface area (Å²) in [5.41, 5.74) is 5.95. The van der Waals surface area contributed by atoms with Gasteiger partial charge < -0.3 is 10.7 Å². The molecule has 0 amide bonds. The first-order chi connectivity index (χ1) is 8.90. The van der Waals surface area contributed by atoms with E-state index >= 15 is 0 Å². The third kappa shape index (κ3) is 3.03. The Kier molecular flexibility index (Phi) is 3.44. The van der Waals surface area contributed by atoms with Gasteiger partial charge in [0.1, 0.15) is 0 Å². The van der Waals surface area contributed by atoms with Crippen LogP contribution in [0.4, 0.5) is 13.2 Å². The average Bonchev–Trinajstić information content (AvgIpc) is 2.37. The molecule has 0 bridgehead atoms. The van der Waals surface area contributed by atoms with Gasteiger partial charge >= 0.3 is 6.18 Å². The molecule has 0 saturated carbocycles. The maximum Gasteiger partial charge on any atom is 0.416 e. The Morgan fingerprint density at radius 3 is 2.26 bits per heavy atom. The maximum absolute atomic E-state index is 12.4. The van der Waals surface area contributed by atoms with Gasteiger partial charge in [0.25, 0.3) is 0 Å². The number of aromatic amines is 1. The molecule has 100 valence electrons. The lowest BCUT2D eigenvalue weighted by atomic mass is 10.1. The first kappa shape index (κ1) is 13.4. The summed E-state index contributed by atoms with van der Waals surface area (Å²) in [7, 11) is 0. The van der Waals surface area contributed by atoms with E-state index in [2.05, 4.69) is 4.98 Å². The molecule has 6 heteroatoms. The van der Waals surface area contributed by atoms with Gasteiger partial charge in [0.2, 0.25) is 5.56 Å². The van der Waals surface area contributed by atoms with Crippen molar-refractivity contribution in [1.82, 2.24) is 4.98 Å². The van der Waals surface area contributed by atoms with Crippen LogP contribution in [0.1, 0.15) is 11.1 Å². The van der Waals surface area contributed by atoms with Crippen LogP contribution in [0.2, 0.25) is 0 Å². The molecule has 0 saturated heterocycles. The Hall–Kier alpha value is -2.08. The van der Waals surface area contributed by atoms with Crippen LogP contribution in [0.3, 0.4) is 0 Å². The largest absolute Gasteiger partial charge is 0.416 e. The maximum atomic E-state index is 12.4. The molecule has 0 aliphatic carbocycles. The summed E-state index contributed by atoms with van der Waals surface area (Å²) in [6, 6.07) is 7.58. The van der Waals surface area contributed by atoms with Gasteiger partial charge in [0.15, 0.2) is 0 Å². The first-order valence-electron chi connectivity index (χ1n) is 5.51. The number of hydrogen-bond donors (Lipinski definition) is 2. The van der Waals surface area contributed by atoms with Crippen LogP contribution < -0.4 is 11.3 Å². The van der Waals surface area contributed by atoms with Crippen molar-refractivity contribution in [2.75, 3.05) is 0 Å². The van der Waals surface area contributed by atoms with Crippen molar-refractivity contribution in [3.63, 3.8) is 0 Å². The number of alkyl halides is 3. The average molecular weight is 268 g/mol. The van der Waals surface area contributed by atoms with Crippen molar-refractivity contribution in [2.24, 2.45) is 5.73 Å². The first-order valence-corrected chi connectivity index (χ1v) is 5.51. The Balaban J connectivity index is 2.43. The predicted molar refractivity (Wildman–Crippen MR) is 65.4 cm³/mol. The Morgan fingerprint density at radius 2 is 1.74 bits per heavy atom. The third-order valence-electron chi connectivity index (χ3n) is 2.66. The van der Waals surface area contributed by atoms with Gasteiger partial charge in [-0.15, -0.1) is 0 Å². The van der Waals surface area contributed by atoms with Crippen molar-refractivity contribution >= 4 is 0 Å². The van der Waals surface area contributed by atoms with Crippen molar-refractivity contribution in [3.05, 3.63) is 57.9 Å². The highest BCUT2D eigenvalue weighted by molar-refractivity contribution is 5.60. The molecule has 3 N–H and O–H groups in total. The molecule has 0 fully saturated rings. The Labute approximate surface area is 106 Å². The summed E-state index contributed by atoms with van der Waals surface area (Å²) in [5, 5.41) is 0. The molecule has 0 aliphatic rings. The smallest absolute Gasteiger partial charge is 0.326 e. The molecule has 0 aliphatic heterocycles. The summed E-state index contributed by atoms with van der Waals surface area (Å²) in [5.74, 6) is 0. The van der Waals surface area contributed by atoms with Crippen LogP contribution >= 0.6 is 0 Å². The van der Waals surface area contributed by atoms with Crippen molar-refractivity contribution in [2.45, 2.75) is 12.7 Å². The lowest BCUT2D eigenvalue weighted by Crippen LogP contribution is -2.09. The molecule has 0 atom stereocenters. The van der Waals surface area contributed by atoms with Crippen molar-refractivity contribution < 1.29 is 13.2 Å². The molecule has 3 nitrogen and oxygen atoms in total. The Morgan fingerprint density at radius 1 is 1.11 bits per heavy atom. The minimum atomic E-state index is -4.37. The van der Waals surface area contributed by atoms with Crippen LogP contribution in [0.15, 0.2) is 41.2 Å². The minimum absolute atomic E-state index is 0.192. The summed E-state index contributed by atoms with van der Waals surface area (Å²) < 4.78 is 37.3. The van der Waals surface area contributed by atoms with E-state index in [1.54, 1.807) is 6.07 Å². The molecule has 0 radical (unpaired) electrons. The van der Waals surface area contributed by atoms with E-state index in [9.17, 15) is 18.0 Å². The highest BCUT2D eigenvalue weighted by atomic mass is 19.4. The van der Waals surface area contributed by atoms with E-state index in [1.807, 2.05) is 0 Å². The summed E-state index contributed by atoms with van der Waals surface area (Å²) in [6.07, 6.45) is -4.37. The number of hydrogen-bond acceptors (Lipinski definition) is 2. The summed E-state index contributed by atoms with van der Waals surface area (Å²) in [4.78, 5) is 13.9. The highest BCUT2D eigenvalue weighted by Gasteiger charge is 2.29. The summed E-state index contributed by atoms with van der Waals surface area (Å²) >= 11 is 0. The molecule has 1 heterocycles. The van der Waals surface area contributed by atoms with Crippen molar-refractivity contribution in [3.8, 4) is 11.3 Å². The topological polar surface area (TPSA) is 58.9 Å². The second-order valence-corrected chi connectivity index (χ2v) is 4.05. The fourth-order valence-corrected chi connectivity index (χ4v) is 1.71. The van der Waals surface area contributed by atoms with Crippen LogP contribution in [0.5, 0.6) is 0 Å². The number of benzene rings is 1. The van der Waals surface area contributed by atoms with Crippen LogP contribution in [-0.4, -0.2) is 4.98 Å². The number of pyridine rings is 1. The fourth-order valence-electron chi connectivity index (χ4n) is 1.71. The lowest BCUT2D eigenvalue weighted by Gasteiger charge is -2.08. The van der Waals surface area contributed by atoms with E-state index in [0.29, 0.717) is 16.8 Å². The minimum Gasteiger partial charge on any atom is -0.326 e. The number of nitrogens with one attached hydrogen (secondary N) is 1. The van der Waals surface area contributed by atoms with Crippen LogP contribution in [0.25, 0.3) is 11.3 Å². The molecular formula is C13H11F3N2O. The second kappa shape index (κ2) is 4.89. The SMILES string of the molecule is NCc1cc(-c2ccc(C(F)(F)F)cc2)[nH]c(=O)c1. The number of H-pyrrole nitrogens is 1. The molecule has 2 rings (SSSR count). The predicted octanol–water partition coefficient (Wildman–Crippen LogP) is 2.52. The van der Waals surface area contributed by atoms with E-state index < -0.39 is 11.7 Å². The zero-order valence-corrected chi connectivity index (χ0v) is 9.79. The molecule has 1 aromatic heterocycles. The van der Waals surface area contributed by atoms with E-state index in [1.165, 1.54) is 18.2 Å². The third-order valence-corrected chi connectivity index (χ3v) is 2.66. The van der Waals surface area contributed by atoms with Gasteiger partial charge in [-0.1, -0.05) is 12.1 Å². The number of aromatic nitrogens is 1. The van der Waals surface area contributed by atoms with Gasteiger partial charge in [0, 0.05) is 18.3 Å². The van der Waals surface area contributed by atoms with Gasteiger partial charge in [-0.2, -0.15) is 13.2 Å². The number of nitrogens with two attached hydrogens (primary N) is 1. The van der Waals surface area contributed by atoms with Crippen LogP contribution in [-0.2, 0) is 12.7 Å². The highest BCUT2D eigenvalue weighted by Crippen LogP contribution is 2.30. The molecule has 19 heavy (non-hydrogen) atoms. The number of halogens is 3.